The van der Waals surface area contributed by atoms with Gasteiger partial charge < -0.3 is 15.4 Å². The molecule has 0 amide bonds. The van der Waals surface area contributed by atoms with Crippen LogP contribution < -0.4 is 15.4 Å². The SMILES string of the molecule is CCNC(=NCc1nncn1-c1ccccc1)NCC(C)Oc1ccccc1F.I. The lowest BCUT2D eigenvalue weighted by Gasteiger charge is -2.18. The van der Waals surface area contributed by atoms with Crippen molar-refractivity contribution in [3.63, 3.8) is 0 Å². The molecule has 0 aliphatic heterocycles. The predicted molar refractivity (Wildman–Crippen MR) is 126 cm³/mol. The second kappa shape index (κ2) is 12.1. The first kappa shape index (κ1) is 23.6. The van der Waals surface area contributed by atoms with Crippen LogP contribution in [0.25, 0.3) is 5.69 Å². The quantitative estimate of drug-likeness (QED) is 0.268. The van der Waals surface area contributed by atoms with Gasteiger partial charge in [0, 0.05) is 12.2 Å². The minimum Gasteiger partial charge on any atom is -0.486 e. The molecule has 0 saturated carbocycles. The topological polar surface area (TPSA) is 76.4 Å². The molecule has 2 N–H and O–H groups in total. The van der Waals surface area contributed by atoms with Crippen molar-refractivity contribution in [2.24, 2.45) is 4.99 Å². The average Bonchev–Trinajstić information content (AvgIpc) is 3.21. The smallest absolute Gasteiger partial charge is 0.191 e. The molecule has 1 unspecified atom stereocenters. The van der Waals surface area contributed by atoms with Crippen LogP contribution in [-0.2, 0) is 6.54 Å². The monoisotopic (exact) mass is 524 g/mol. The Morgan fingerprint density at radius 1 is 1.13 bits per heavy atom. The van der Waals surface area contributed by atoms with Gasteiger partial charge in [-0.05, 0) is 38.1 Å². The number of aromatic nitrogens is 3. The molecule has 2 aromatic carbocycles. The number of para-hydroxylation sites is 2. The number of nitrogens with one attached hydrogen (secondary N) is 2. The molecule has 0 aliphatic rings. The van der Waals surface area contributed by atoms with Gasteiger partial charge in [-0.3, -0.25) is 4.57 Å². The minimum absolute atomic E-state index is 0. The molecule has 0 fully saturated rings. The second-order valence-electron chi connectivity index (χ2n) is 6.39. The summed E-state index contributed by atoms with van der Waals surface area (Å²) in [4.78, 5) is 4.58. The van der Waals surface area contributed by atoms with Gasteiger partial charge in [0.15, 0.2) is 23.4 Å². The van der Waals surface area contributed by atoms with Crippen molar-refractivity contribution in [1.82, 2.24) is 25.4 Å². The summed E-state index contributed by atoms with van der Waals surface area (Å²) in [5, 5.41) is 14.6. The van der Waals surface area contributed by atoms with Crippen LogP contribution in [0.2, 0.25) is 0 Å². The standard InChI is InChI=1S/C21H25FN6O.HI/c1-3-23-21(24-13-16(2)29-19-12-8-7-11-18(19)22)25-14-20-27-26-15-28(20)17-9-5-4-6-10-17;/h4-12,15-16H,3,13-14H2,1-2H3,(H2,23,24,25);1H. The maximum atomic E-state index is 13.7. The Morgan fingerprint density at radius 3 is 2.60 bits per heavy atom. The van der Waals surface area contributed by atoms with Gasteiger partial charge in [0.05, 0.1) is 6.54 Å². The highest BCUT2D eigenvalue weighted by atomic mass is 127. The molecule has 0 aliphatic carbocycles. The van der Waals surface area contributed by atoms with E-state index >= 15 is 0 Å². The molecule has 1 aromatic heterocycles. The summed E-state index contributed by atoms with van der Waals surface area (Å²) >= 11 is 0. The summed E-state index contributed by atoms with van der Waals surface area (Å²) in [6, 6.07) is 16.2. The normalized spacial score (nSPS) is 12.0. The lowest BCUT2D eigenvalue weighted by Crippen LogP contribution is -2.41. The van der Waals surface area contributed by atoms with Crippen LogP contribution in [0.1, 0.15) is 19.7 Å². The fourth-order valence-electron chi connectivity index (χ4n) is 2.70. The van der Waals surface area contributed by atoms with Gasteiger partial charge in [-0.25, -0.2) is 9.38 Å². The molecular weight excluding hydrogens is 498 g/mol. The molecular formula is C21H26FIN6O. The van der Waals surface area contributed by atoms with Gasteiger partial charge in [0.25, 0.3) is 0 Å². The largest absolute Gasteiger partial charge is 0.486 e. The van der Waals surface area contributed by atoms with Gasteiger partial charge in [-0.2, -0.15) is 0 Å². The van der Waals surface area contributed by atoms with Crippen molar-refractivity contribution >= 4 is 29.9 Å². The highest BCUT2D eigenvalue weighted by molar-refractivity contribution is 14.0. The number of hydrogen-bond acceptors (Lipinski definition) is 4. The summed E-state index contributed by atoms with van der Waals surface area (Å²) in [5.74, 6) is 1.21. The van der Waals surface area contributed by atoms with E-state index in [1.807, 2.05) is 48.7 Å². The molecule has 9 heteroatoms. The van der Waals surface area contributed by atoms with E-state index in [0.29, 0.717) is 25.6 Å². The number of halogens is 2. The van der Waals surface area contributed by atoms with Crippen molar-refractivity contribution in [1.29, 1.82) is 0 Å². The highest BCUT2D eigenvalue weighted by Gasteiger charge is 2.10. The van der Waals surface area contributed by atoms with E-state index in [0.717, 1.165) is 11.5 Å². The maximum Gasteiger partial charge on any atom is 0.191 e. The lowest BCUT2D eigenvalue weighted by molar-refractivity contribution is 0.214. The Balaban J connectivity index is 0.00000320. The summed E-state index contributed by atoms with van der Waals surface area (Å²) < 4.78 is 21.3. The molecule has 3 rings (SSSR count). The van der Waals surface area contributed by atoms with Crippen molar-refractivity contribution in [3.8, 4) is 11.4 Å². The molecule has 0 radical (unpaired) electrons. The zero-order valence-electron chi connectivity index (χ0n) is 17.0. The van der Waals surface area contributed by atoms with Gasteiger partial charge in [-0.15, -0.1) is 34.2 Å². The third-order valence-electron chi connectivity index (χ3n) is 4.10. The predicted octanol–water partition coefficient (Wildman–Crippen LogP) is 3.55. The molecule has 160 valence electrons. The Bertz CT molecular complexity index is 934. The zero-order chi connectivity index (χ0) is 20.5. The van der Waals surface area contributed by atoms with E-state index in [9.17, 15) is 4.39 Å². The lowest BCUT2D eigenvalue weighted by atomic mass is 10.3. The Labute approximate surface area is 192 Å². The summed E-state index contributed by atoms with van der Waals surface area (Å²) in [6.07, 6.45) is 1.42. The third kappa shape index (κ3) is 6.68. The Morgan fingerprint density at radius 2 is 1.87 bits per heavy atom. The molecule has 30 heavy (non-hydrogen) atoms. The zero-order valence-corrected chi connectivity index (χ0v) is 19.3. The average molecular weight is 524 g/mol. The van der Waals surface area contributed by atoms with Crippen LogP contribution in [0.3, 0.4) is 0 Å². The fraction of sp³-hybridized carbons (Fsp3) is 0.286. The molecule has 0 spiro atoms. The van der Waals surface area contributed by atoms with Crippen LogP contribution in [0, 0.1) is 5.82 Å². The summed E-state index contributed by atoms with van der Waals surface area (Å²) in [5.41, 5.74) is 0.979. The van der Waals surface area contributed by atoms with Crippen LogP contribution in [0.5, 0.6) is 5.75 Å². The van der Waals surface area contributed by atoms with E-state index in [1.165, 1.54) is 6.07 Å². The fourth-order valence-corrected chi connectivity index (χ4v) is 2.70. The van der Waals surface area contributed by atoms with E-state index < -0.39 is 0 Å². The number of benzene rings is 2. The van der Waals surface area contributed by atoms with Gasteiger partial charge in [0.2, 0.25) is 0 Å². The van der Waals surface area contributed by atoms with Crippen LogP contribution in [0.15, 0.2) is 65.9 Å². The first-order chi connectivity index (χ1) is 14.2. The number of aliphatic imine (C=N–C) groups is 1. The Hall–Kier alpha value is -2.69. The Kier molecular flexibility index (Phi) is 9.52. The van der Waals surface area contributed by atoms with E-state index in [2.05, 4.69) is 25.8 Å². The second-order valence-corrected chi connectivity index (χ2v) is 6.39. The summed E-state index contributed by atoms with van der Waals surface area (Å²) in [7, 11) is 0. The van der Waals surface area contributed by atoms with E-state index in [4.69, 9.17) is 4.74 Å². The highest BCUT2D eigenvalue weighted by Crippen LogP contribution is 2.16. The molecule has 7 nitrogen and oxygen atoms in total. The number of ether oxygens (including phenoxy) is 1. The van der Waals surface area contributed by atoms with Gasteiger partial charge >= 0.3 is 0 Å². The van der Waals surface area contributed by atoms with Crippen LogP contribution >= 0.6 is 24.0 Å². The molecule has 0 saturated heterocycles. The first-order valence-corrected chi connectivity index (χ1v) is 9.55. The number of hydrogen-bond donors (Lipinski definition) is 2. The van der Waals surface area contributed by atoms with Crippen molar-refractivity contribution in [3.05, 3.63) is 72.6 Å². The molecule has 3 aromatic rings. The van der Waals surface area contributed by atoms with Gasteiger partial charge in [-0.1, -0.05) is 30.3 Å². The number of guanidine groups is 1. The maximum absolute atomic E-state index is 13.7. The van der Waals surface area contributed by atoms with Crippen molar-refractivity contribution in [2.75, 3.05) is 13.1 Å². The molecule has 1 atom stereocenters. The minimum atomic E-state index is -0.375. The summed E-state index contributed by atoms with van der Waals surface area (Å²) in [6.45, 7) is 5.38. The third-order valence-corrected chi connectivity index (χ3v) is 4.10. The van der Waals surface area contributed by atoms with Gasteiger partial charge in [0.1, 0.15) is 19.0 Å². The van der Waals surface area contributed by atoms with Crippen molar-refractivity contribution in [2.45, 2.75) is 26.5 Å². The molecule has 0 bridgehead atoms. The number of rotatable bonds is 8. The van der Waals surface area contributed by atoms with E-state index in [-0.39, 0.29) is 41.6 Å². The van der Waals surface area contributed by atoms with Crippen LogP contribution in [-0.4, -0.2) is 39.9 Å². The first-order valence-electron chi connectivity index (χ1n) is 9.55. The van der Waals surface area contributed by atoms with Crippen LogP contribution in [0.4, 0.5) is 4.39 Å². The molecule has 1 heterocycles. The van der Waals surface area contributed by atoms with Crippen molar-refractivity contribution < 1.29 is 9.13 Å². The van der Waals surface area contributed by atoms with E-state index in [1.54, 1.807) is 24.5 Å². The number of nitrogens with zero attached hydrogens (tertiary/aromatic N) is 4.